The molecule has 1 rings (SSSR count). The van der Waals surface area contributed by atoms with Crippen molar-refractivity contribution < 1.29 is 0 Å². The van der Waals surface area contributed by atoms with Gasteiger partial charge in [-0.05, 0) is 12.1 Å². The molecule has 52 valence electrons. The number of hydrogen-bond donors (Lipinski definition) is 1. The minimum absolute atomic E-state index is 0.868. The Morgan fingerprint density at radius 3 is 2.50 bits per heavy atom. The van der Waals surface area contributed by atoms with E-state index in [9.17, 15) is 0 Å². The van der Waals surface area contributed by atoms with E-state index >= 15 is 0 Å². The molecule has 0 radical (unpaired) electrons. The van der Waals surface area contributed by atoms with Crippen molar-refractivity contribution in [3.8, 4) is 0 Å². The van der Waals surface area contributed by atoms with Crippen LogP contribution in [-0.2, 0) is 0 Å². The standard InChI is InChI=1S/C6H6ClN3/c7-9-10-8-6-4-2-1-3-5-6/h1-5H,(H,8,9). The van der Waals surface area contributed by atoms with Gasteiger partial charge in [-0.1, -0.05) is 28.1 Å². The summed E-state index contributed by atoms with van der Waals surface area (Å²) in [6.07, 6.45) is 0. The average molecular weight is 156 g/mol. The van der Waals surface area contributed by atoms with Gasteiger partial charge < -0.3 is 0 Å². The number of nitrogens with zero attached hydrogens (tertiary/aromatic N) is 2. The molecule has 0 unspecified atom stereocenters. The normalized spacial score (nSPS) is 10.1. The van der Waals surface area contributed by atoms with Crippen molar-refractivity contribution >= 4 is 17.5 Å². The van der Waals surface area contributed by atoms with Crippen LogP contribution in [0.1, 0.15) is 0 Å². The summed E-state index contributed by atoms with van der Waals surface area (Å²) in [6, 6.07) is 9.44. The molecular formula is C6H6ClN3. The summed E-state index contributed by atoms with van der Waals surface area (Å²) in [6.45, 7) is 0. The Labute approximate surface area is 63.8 Å². The van der Waals surface area contributed by atoms with E-state index < -0.39 is 0 Å². The third-order valence-electron chi connectivity index (χ3n) is 0.991. The van der Waals surface area contributed by atoms with Crippen molar-refractivity contribution in [1.29, 1.82) is 0 Å². The van der Waals surface area contributed by atoms with Crippen molar-refractivity contribution in [3.05, 3.63) is 30.3 Å². The first-order chi connectivity index (χ1) is 4.93. The van der Waals surface area contributed by atoms with Gasteiger partial charge in [0.15, 0.2) is 0 Å². The van der Waals surface area contributed by atoms with Crippen LogP contribution in [0.25, 0.3) is 0 Å². The van der Waals surface area contributed by atoms with Crippen LogP contribution in [0.2, 0.25) is 0 Å². The maximum Gasteiger partial charge on any atom is 0.0621 e. The molecule has 1 aromatic rings. The van der Waals surface area contributed by atoms with E-state index in [0.717, 1.165) is 5.69 Å². The van der Waals surface area contributed by atoms with Gasteiger partial charge in [-0.15, -0.1) is 0 Å². The van der Waals surface area contributed by atoms with E-state index in [1.165, 1.54) is 0 Å². The van der Waals surface area contributed by atoms with Crippen molar-refractivity contribution in [3.63, 3.8) is 0 Å². The molecule has 1 aromatic carbocycles. The highest BCUT2D eigenvalue weighted by atomic mass is 35.5. The summed E-state index contributed by atoms with van der Waals surface area (Å²) in [5, 5.41) is 3.38. The first kappa shape index (κ1) is 7.02. The van der Waals surface area contributed by atoms with Crippen LogP contribution < -0.4 is 5.43 Å². The minimum atomic E-state index is 0.868. The van der Waals surface area contributed by atoms with Crippen molar-refractivity contribution in [2.24, 2.45) is 9.86 Å². The number of para-hydroxylation sites is 1. The van der Waals surface area contributed by atoms with Crippen LogP contribution in [0.4, 0.5) is 5.69 Å². The second-order valence-corrected chi connectivity index (χ2v) is 1.80. The zero-order valence-corrected chi connectivity index (χ0v) is 5.92. The fourth-order valence-corrected chi connectivity index (χ4v) is 0.627. The van der Waals surface area contributed by atoms with E-state index in [1.807, 2.05) is 30.3 Å². The Hall–Kier alpha value is -1.09. The molecule has 0 aliphatic carbocycles. The fraction of sp³-hybridized carbons (Fsp3) is 0. The van der Waals surface area contributed by atoms with Gasteiger partial charge in [0.25, 0.3) is 0 Å². The lowest BCUT2D eigenvalue weighted by Gasteiger charge is -1.93. The van der Waals surface area contributed by atoms with E-state index in [1.54, 1.807) is 0 Å². The molecule has 4 heteroatoms. The summed E-state index contributed by atoms with van der Waals surface area (Å²) in [7, 11) is 0. The second-order valence-electron chi connectivity index (χ2n) is 1.65. The molecule has 0 aliphatic heterocycles. The molecule has 10 heavy (non-hydrogen) atoms. The largest absolute Gasteiger partial charge is 0.259 e. The molecule has 0 amide bonds. The molecule has 0 saturated carbocycles. The molecule has 0 spiro atoms. The molecule has 0 bridgehead atoms. The highest BCUT2D eigenvalue weighted by Gasteiger charge is 1.82. The highest BCUT2D eigenvalue weighted by Crippen LogP contribution is 2.04. The summed E-state index contributed by atoms with van der Waals surface area (Å²) >= 11 is 4.95. The first-order valence-electron chi connectivity index (χ1n) is 2.75. The lowest BCUT2D eigenvalue weighted by Crippen LogP contribution is -1.83. The topological polar surface area (TPSA) is 36.8 Å². The third kappa shape index (κ3) is 2.03. The first-order valence-corrected chi connectivity index (χ1v) is 3.09. The van der Waals surface area contributed by atoms with Crippen molar-refractivity contribution in [1.82, 2.24) is 0 Å². The van der Waals surface area contributed by atoms with Gasteiger partial charge >= 0.3 is 0 Å². The summed E-state index contributed by atoms with van der Waals surface area (Å²) < 4.78 is 3.02. The number of benzene rings is 1. The summed E-state index contributed by atoms with van der Waals surface area (Å²) in [5.41, 5.74) is 3.49. The van der Waals surface area contributed by atoms with Crippen LogP contribution in [0, 0.1) is 0 Å². The molecular weight excluding hydrogens is 150 g/mol. The van der Waals surface area contributed by atoms with Gasteiger partial charge in [-0.2, -0.15) is 0 Å². The number of hydrogen-bond acceptors (Lipinski definition) is 2. The van der Waals surface area contributed by atoms with Crippen LogP contribution in [0.15, 0.2) is 40.2 Å². The number of nitrogens with one attached hydrogen (secondary N) is 1. The van der Waals surface area contributed by atoms with Gasteiger partial charge in [-0.3, -0.25) is 5.43 Å². The maximum atomic E-state index is 4.95. The fourth-order valence-electron chi connectivity index (χ4n) is 0.589. The Kier molecular flexibility index (Phi) is 2.70. The van der Waals surface area contributed by atoms with Gasteiger partial charge in [0.2, 0.25) is 0 Å². The molecule has 0 heterocycles. The van der Waals surface area contributed by atoms with Gasteiger partial charge in [0.05, 0.1) is 17.5 Å². The molecule has 1 N–H and O–H groups in total. The van der Waals surface area contributed by atoms with Crippen LogP contribution in [0.3, 0.4) is 0 Å². The number of rotatable bonds is 2. The summed E-state index contributed by atoms with van der Waals surface area (Å²) in [5.74, 6) is 0. The summed E-state index contributed by atoms with van der Waals surface area (Å²) in [4.78, 5) is 0. The maximum absolute atomic E-state index is 4.95. The van der Waals surface area contributed by atoms with Gasteiger partial charge in [0.1, 0.15) is 0 Å². The Morgan fingerprint density at radius 2 is 1.90 bits per heavy atom. The van der Waals surface area contributed by atoms with Crippen LogP contribution >= 0.6 is 11.8 Å². The van der Waals surface area contributed by atoms with E-state index in [0.29, 0.717) is 0 Å². The minimum Gasteiger partial charge on any atom is -0.259 e. The smallest absolute Gasteiger partial charge is 0.0621 e. The monoisotopic (exact) mass is 155 g/mol. The highest BCUT2D eigenvalue weighted by molar-refractivity contribution is 6.13. The molecule has 0 aromatic heterocycles. The van der Waals surface area contributed by atoms with Gasteiger partial charge in [-0.25, -0.2) is 0 Å². The quantitative estimate of drug-likeness (QED) is 0.517. The Balaban J connectivity index is 2.59. The SMILES string of the molecule is Cl/N=N/Nc1ccccc1. The lowest BCUT2D eigenvalue weighted by molar-refractivity contribution is 1.19. The van der Waals surface area contributed by atoms with Crippen LogP contribution in [0.5, 0.6) is 0 Å². The van der Waals surface area contributed by atoms with E-state index in [2.05, 4.69) is 15.3 Å². The Bertz CT molecular complexity index is 209. The molecule has 0 aliphatic rings. The third-order valence-corrected chi connectivity index (χ3v) is 1.07. The second kappa shape index (κ2) is 3.85. The van der Waals surface area contributed by atoms with E-state index in [-0.39, 0.29) is 0 Å². The number of anilines is 1. The van der Waals surface area contributed by atoms with Gasteiger partial charge in [0, 0.05) is 0 Å². The average Bonchev–Trinajstić information content (AvgIpc) is 2.03. The predicted molar refractivity (Wildman–Crippen MR) is 40.8 cm³/mol. The zero-order chi connectivity index (χ0) is 7.23. The lowest BCUT2D eigenvalue weighted by atomic mass is 10.3. The van der Waals surface area contributed by atoms with Crippen molar-refractivity contribution in [2.45, 2.75) is 0 Å². The van der Waals surface area contributed by atoms with Crippen LogP contribution in [-0.4, -0.2) is 0 Å². The zero-order valence-electron chi connectivity index (χ0n) is 5.16. The Morgan fingerprint density at radius 1 is 1.20 bits per heavy atom. The molecule has 3 nitrogen and oxygen atoms in total. The molecule has 0 saturated heterocycles. The van der Waals surface area contributed by atoms with Crippen molar-refractivity contribution in [2.75, 3.05) is 5.43 Å². The number of halogens is 1. The predicted octanol–water partition coefficient (Wildman–Crippen LogP) is 2.62. The van der Waals surface area contributed by atoms with E-state index in [4.69, 9.17) is 11.8 Å². The molecule has 0 atom stereocenters. The molecule has 0 fully saturated rings.